The number of aliphatic hydroxyl groups is 1. The first-order chi connectivity index (χ1) is 13.4. The fourth-order valence-corrected chi connectivity index (χ4v) is 4.51. The first-order valence-corrected chi connectivity index (χ1v) is 10.6. The lowest BCUT2D eigenvalue weighted by atomic mass is 10.0. The summed E-state index contributed by atoms with van der Waals surface area (Å²) >= 11 is 2.31. The van der Waals surface area contributed by atoms with Gasteiger partial charge in [0.15, 0.2) is 16.6 Å². The van der Waals surface area contributed by atoms with Crippen molar-refractivity contribution in [3.05, 3.63) is 39.5 Å². The molecule has 0 fully saturated rings. The third-order valence-electron chi connectivity index (χ3n) is 4.10. The number of hydrogen-bond acceptors (Lipinski definition) is 8. The van der Waals surface area contributed by atoms with Crippen LogP contribution in [0.2, 0.25) is 0 Å². The van der Waals surface area contributed by atoms with E-state index in [1.807, 2.05) is 6.92 Å². The number of aromatic nitrogens is 4. The third kappa shape index (κ3) is 4.86. The van der Waals surface area contributed by atoms with Crippen LogP contribution in [0.4, 0.5) is 10.2 Å². The lowest BCUT2D eigenvalue weighted by Crippen LogP contribution is -2.26. The molecule has 0 bridgehead atoms. The zero-order chi connectivity index (χ0) is 20.3. The Labute approximate surface area is 169 Å². The summed E-state index contributed by atoms with van der Waals surface area (Å²) < 4.78 is 14.6. The number of anilines is 1. The normalized spacial score (nSPS) is 13.8. The van der Waals surface area contributed by atoms with Crippen molar-refractivity contribution in [3.63, 3.8) is 0 Å². The largest absolute Gasteiger partial charge is 0.394 e. The van der Waals surface area contributed by atoms with Crippen molar-refractivity contribution < 1.29 is 9.50 Å². The Morgan fingerprint density at radius 3 is 2.82 bits per heavy atom. The molecule has 0 amide bonds. The van der Waals surface area contributed by atoms with E-state index >= 15 is 0 Å². The topological polar surface area (TPSA) is 104 Å². The molecule has 3 N–H and O–H groups in total. The van der Waals surface area contributed by atoms with Crippen molar-refractivity contribution in [1.29, 1.82) is 0 Å². The van der Waals surface area contributed by atoms with E-state index in [4.69, 9.17) is 0 Å². The molecule has 0 spiro atoms. The fourth-order valence-electron chi connectivity index (χ4n) is 2.86. The summed E-state index contributed by atoms with van der Waals surface area (Å²) in [5.74, 6) is 0.497. The van der Waals surface area contributed by atoms with Crippen LogP contribution in [-0.4, -0.2) is 37.7 Å². The highest BCUT2D eigenvalue weighted by molar-refractivity contribution is 7.99. The molecule has 0 aliphatic rings. The number of rotatable bonds is 8. The van der Waals surface area contributed by atoms with E-state index in [2.05, 4.69) is 39.1 Å². The molecule has 0 aliphatic heterocycles. The molecule has 3 heterocycles. The van der Waals surface area contributed by atoms with Crippen LogP contribution in [0, 0.1) is 11.7 Å². The van der Waals surface area contributed by atoms with Crippen LogP contribution in [0.25, 0.3) is 10.3 Å². The standard InChI is InChI=1S/C18H22FN5O2S2/c1-9(2)6-11(8-25)21-15-14-16(24-18(26)28-14)23-17(22-15)27-10(3)12-4-5-20-7-13(12)19/h4-5,7,9-11,25H,6,8H2,1-3H3,(H2,21,22,23,24,26)/t10-,11+/m0/s1. The van der Waals surface area contributed by atoms with Gasteiger partial charge in [-0.15, -0.1) is 0 Å². The van der Waals surface area contributed by atoms with Gasteiger partial charge < -0.3 is 10.4 Å². The summed E-state index contributed by atoms with van der Waals surface area (Å²) in [6.07, 6.45) is 3.47. The zero-order valence-electron chi connectivity index (χ0n) is 15.8. The second-order valence-corrected chi connectivity index (χ2v) is 9.15. The maximum atomic E-state index is 14.0. The Bertz CT molecular complexity index is 1010. The highest BCUT2D eigenvalue weighted by Gasteiger charge is 2.19. The molecular formula is C18H22FN5O2S2. The van der Waals surface area contributed by atoms with E-state index < -0.39 is 0 Å². The van der Waals surface area contributed by atoms with E-state index in [1.165, 1.54) is 18.0 Å². The molecule has 0 radical (unpaired) electrons. The molecule has 0 aliphatic carbocycles. The van der Waals surface area contributed by atoms with E-state index in [9.17, 15) is 14.3 Å². The predicted octanol–water partition coefficient (Wildman–Crippen LogP) is 3.59. The molecule has 0 saturated carbocycles. The lowest BCUT2D eigenvalue weighted by molar-refractivity contribution is 0.259. The smallest absolute Gasteiger partial charge is 0.306 e. The van der Waals surface area contributed by atoms with Gasteiger partial charge in [-0.2, -0.15) is 0 Å². The van der Waals surface area contributed by atoms with Crippen LogP contribution < -0.4 is 10.2 Å². The molecule has 150 valence electrons. The molecule has 3 rings (SSSR count). The summed E-state index contributed by atoms with van der Waals surface area (Å²) in [4.78, 5) is 27.0. The van der Waals surface area contributed by atoms with Crippen molar-refractivity contribution >= 4 is 39.3 Å². The number of fused-ring (bicyclic) bond motifs is 1. The SMILES string of the molecule is CC(C)C[C@H](CO)Nc1nc(S[C@@H](C)c2ccncc2F)nc2[nH]c(=O)sc12. The first-order valence-electron chi connectivity index (χ1n) is 8.91. The Hall–Kier alpha value is -2.04. The van der Waals surface area contributed by atoms with Gasteiger partial charge in [-0.1, -0.05) is 36.9 Å². The maximum Gasteiger partial charge on any atom is 0.306 e. The van der Waals surface area contributed by atoms with Crippen molar-refractivity contribution in [2.45, 2.75) is 43.6 Å². The molecule has 3 aromatic rings. The molecule has 0 aromatic carbocycles. The number of H-pyrrole nitrogens is 1. The second kappa shape index (κ2) is 8.97. The lowest BCUT2D eigenvalue weighted by Gasteiger charge is -2.19. The number of halogens is 1. The summed E-state index contributed by atoms with van der Waals surface area (Å²) in [5.41, 5.74) is 0.934. The van der Waals surface area contributed by atoms with Crippen molar-refractivity contribution in [2.24, 2.45) is 5.92 Å². The number of nitrogens with zero attached hydrogens (tertiary/aromatic N) is 3. The summed E-state index contributed by atoms with van der Waals surface area (Å²) in [5, 5.41) is 13.1. The van der Waals surface area contributed by atoms with Gasteiger partial charge in [-0.05, 0) is 25.3 Å². The molecule has 2 atom stereocenters. The molecule has 10 heteroatoms. The molecule has 3 aromatic heterocycles. The first kappa shape index (κ1) is 20.7. The van der Waals surface area contributed by atoms with Gasteiger partial charge in [0.2, 0.25) is 0 Å². The predicted molar refractivity (Wildman–Crippen MR) is 110 cm³/mol. The van der Waals surface area contributed by atoms with E-state index in [0.29, 0.717) is 32.8 Å². The van der Waals surface area contributed by atoms with Gasteiger partial charge in [-0.25, -0.2) is 14.4 Å². The van der Waals surface area contributed by atoms with Gasteiger partial charge in [0.05, 0.1) is 18.8 Å². The highest BCUT2D eigenvalue weighted by Crippen LogP contribution is 2.36. The van der Waals surface area contributed by atoms with Gasteiger partial charge in [0.1, 0.15) is 10.5 Å². The molecule has 7 nitrogen and oxygen atoms in total. The molecule has 28 heavy (non-hydrogen) atoms. The van der Waals surface area contributed by atoms with E-state index in [-0.39, 0.29) is 28.6 Å². The summed E-state index contributed by atoms with van der Waals surface area (Å²) in [6, 6.07) is 1.44. The Kier molecular flexibility index (Phi) is 6.63. The van der Waals surface area contributed by atoms with Crippen molar-refractivity contribution in [2.75, 3.05) is 11.9 Å². The van der Waals surface area contributed by atoms with Crippen molar-refractivity contribution in [3.8, 4) is 0 Å². The quantitative estimate of drug-likeness (QED) is 0.376. The minimum absolute atomic E-state index is 0.0515. The number of thiazole rings is 1. The number of aliphatic hydroxyl groups excluding tert-OH is 1. The second-order valence-electron chi connectivity index (χ2n) is 6.86. The molecule has 0 unspecified atom stereocenters. The summed E-state index contributed by atoms with van der Waals surface area (Å²) in [6.45, 7) is 5.95. The van der Waals surface area contributed by atoms with Crippen LogP contribution in [0.3, 0.4) is 0 Å². The highest BCUT2D eigenvalue weighted by atomic mass is 32.2. The number of hydrogen-bond donors (Lipinski definition) is 3. The average molecular weight is 424 g/mol. The van der Waals surface area contributed by atoms with Crippen LogP contribution in [0.1, 0.15) is 38.0 Å². The van der Waals surface area contributed by atoms with Gasteiger partial charge in [0.25, 0.3) is 0 Å². The van der Waals surface area contributed by atoms with Crippen LogP contribution in [-0.2, 0) is 0 Å². The Balaban J connectivity index is 1.93. The summed E-state index contributed by atoms with van der Waals surface area (Å²) in [7, 11) is 0. The third-order valence-corrected chi connectivity index (χ3v) is 5.98. The maximum absolute atomic E-state index is 14.0. The van der Waals surface area contributed by atoms with E-state index in [0.717, 1.165) is 17.8 Å². The minimum atomic E-state index is -0.386. The molecular weight excluding hydrogens is 401 g/mol. The number of nitrogens with one attached hydrogen (secondary N) is 2. The molecule has 0 saturated heterocycles. The Morgan fingerprint density at radius 2 is 2.14 bits per heavy atom. The van der Waals surface area contributed by atoms with Gasteiger partial charge in [0, 0.05) is 17.0 Å². The van der Waals surface area contributed by atoms with Gasteiger partial charge in [-0.3, -0.25) is 14.8 Å². The van der Waals surface area contributed by atoms with E-state index in [1.54, 1.807) is 12.3 Å². The van der Waals surface area contributed by atoms with Crippen LogP contribution in [0.5, 0.6) is 0 Å². The number of pyridine rings is 1. The fraction of sp³-hybridized carbons (Fsp3) is 0.444. The van der Waals surface area contributed by atoms with Crippen LogP contribution >= 0.6 is 23.1 Å². The number of aromatic amines is 1. The zero-order valence-corrected chi connectivity index (χ0v) is 17.4. The Morgan fingerprint density at radius 1 is 1.36 bits per heavy atom. The minimum Gasteiger partial charge on any atom is -0.394 e. The van der Waals surface area contributed by atoms with Gasteiger partial charge >= 0.3 is 4.87 Å². The van der Waals surface area contributed by atoms with Crippen LogP contribution in [0.15, 0.2) is 28.4 Å². The number of thioether (sulfide) groups is 1. The average Bonchev–Trinajstić information content (AvgIpc) is 3.01. The monoisotopic (exact) mass is 423 g/mol. The van der Waals surface area contributed by atoms with Crippen molar-refractivity contribution in [1.82, 2.24) is 19.9 Å².